The second-order valence-corrected chi connectivity index (χ2v) is 9.17. The van der Waals surface area contributed by atoms with Gasteiger partial charge in [0.05, 0.1) is 18.8 Å². The van der Waals surface area contributed by atoms with Crippen molar-refractivity contribution < 1.29 is 17.6 Å². The van der Waals surface area contributed by atoms with Crippen molar-refractivity contribution in [3.8, 4) is 0 Å². The van der Waals surface area contributed by atoms with E-state index in [1.54, 1.807) is 17.6 Å². The Hall–Kier alpha value is -1.81. The molecular weight excluding hydrogens is 380 g/mol. The van der Waals surface area contributed by atoms with Gasteiger partial charge in [0, 0.05) is 51.5 Å². The monoisotopic (exact) mass is 406 g/mol. The molecule has 0 saturated carbocycles. The maximum atomic E-state index is 13.1. The third-order valence-corrected chi connectivity index (χ3v) is 7.43. The van der Waals surface area contributed by atoms with Crippen molar-refractivity contribution in [2.24, 2.45) is 0 Å². The number of hydrogen-bond donors (Lipinski definition) is 0. The highest BCUT2D eigenvalue weighted by Crippen LogP contribution is 2.28. The minimum atomic E-state index is -3.53. The maximum Gasteiger partial charge on any atom is 0.282 e. The van der Waals surface area contributed by atoms with E-state index in [0.717, 1.165) is 36.3 Å². The fraction of sp³-hybridized carbons (Fsp3) is 0.579. The van der Waals surface area contributed by atoms with Crippen LogP contribution in [-0.4, -0.2) is 59.8 Å². The standard InChI is InChI=1S/C19H26N4O4S/c1-26-14-16-5-3-10-23(16)28(24,25)22-11-8-18-17(13-22)21-19(27-18)7-6-15-4-2-9-20-12-15/h2,4,9,12,16H,3,5-8,10-11,13-14H2,1H3. The van der Waals surface area contributed by atoms with Crippen LogP contribution in [0.3, 0.4) is 0 Å². The number of fused-ring (bicyclic) bond motifs is 1. The van der Waals surface area contributed by atoms with E-state index in [0.29, 0.717) is 38.4 Å². The average molecular weight is 407 g/mol. The summed E-state index contributed by atoms with van der Waals surface area (Å²) >= 11 is 0. The molecule has 1 fully saturated rings. The molecule has 0 aliphatic carbocycles. The lowest BCUT2D eigenvalue weighted by atomic mass is 10.1. The van der Waals surface area contributed by atoms with Crippen molar-refractivity contribution in [3.05, 3.63) is 47.4 Å². The molecule has 2 aromatic heterocycles. The molecule has 2 aliphatic heterocycles. The van der Waals surface area contributed by atoms with Crippen LogP contribution in [0.4, 0.5) is 0 Å². The summed E-state index contributed by atoms with van der Waals surface area (Å²) in [4.78, 5) is 8.69. The van der Waals surface area contributed by atoms with Crippen molar-refractivity contribution >= 4 is 10.2 Å². The first-order chi connectivity index (χ1) is 13.6. The van der Waals surface area contributed by atoms with Gasteiger partial charge in [-0.05, 0) is 30.9 Å². The second-order valence-electron chi connectivity index (χ2n) is 7.29. The molecule has 4 heterocycles. The van der Waals surface area contributed by atoms with E-state index in [9.17, 15) is 8.42 Å². The van der Waals surface area contributed by atoms with Crippen LogP contribution in [0.1, 0.15) is 35.7 Å². The highest BCUT2D eigenvalue weighted by Gasteiger charge is 2.40. The molecule has 0 radical (unpaired) electrons. The quantitative estimate of drug-likeness (QED) is 0.693. The molecule has 1 saturated heterocycles. The number of nitrogens with zero attached hydrogens (tertiary/aromatic N) is 4. The van der Waals surface area contributed by atoms with Gasteiger partial charge in [0.15, 0.2) is 5.89 Å². The van der Waals surface area contributed by atoms with Gasteiger partial charge in [0.2, 0.25) is 0 Å². The number of pyridine rings is 1. The SMILES string of the molecule is COCC1CCCN1S(=O)(=O)N1CCc2oc(CCc3cccnc3)nc2C1. The molecular formula is C19H26N4O4S. The second kappa shape index (κ2) is 8.28. The summed E-state index contributed by atoms with van der Waals surface area (Å²) in [5, 5.41) is 0. The van der Waals surface area contributed by atoms with Gasteiger partial charge in [-0.1, -0.05) is 6.07 Å². The molecule has 4 rings (SSSR count). The zero-order valence-electron chi connectivity index (χ0n) is 16.1. The number of methoxy groups -OCH3 is 1. The Balaban J connectivity index is 1.43. The third kappa shape index (κ3) is 3.98. The zero-order chi connectivity index (χ0) is 19.6. The Bertz CT molecular complexity index is 900. The van der Waals surface area contributed by atoms with E-state index in [1.807, 2.05) is 18.3 Å². The highest BCUT2D eigenvalue weighted by atomic mass is 32.2. The Morgan fingerprint density at radius 3 is 3.00 bits per heavy atom. The van der Waals surface area contributed by atoms with Gasteiger partial charge in [-0.3, -0.25) is 4.98 Å². The minimum Gasteiger partial charge on any atom is -0.445 e. The molecule has 1 atom stereocenters. The van der Waals surface area contributed by atoms with Crippen LogP contribution in [-0.2, 0) is 40.8 Å². The Kier molecular flexibility index (Phi) is 5.77. The van der Waals surface area contributed by atoms with Gasteiger partial charge < -0.3 is 9.15 Å². The molecule has 0 bridgehead atoms. The van der Waals surface area contributed by atoms with Crippen LogP contribution in [0.15, 0.2) is 28.9 Å². The normalized spacial score (nSPS) is 21.1. The van der Waals surface area contributed by atoms with Crippen molar-refractivity contribution in [1.82, 2.24) is 18.6 Å². The van der Waals surface area contributed by atoms with Crippen LogP contribution < -0.4 is 0 Å². The summed E-state index contributed by atoms with van der Waals surface area (Å²) in [6, 6.07) is 3.86. The number of aryl methyl sites for hydroxylation is 2. The Morgan fingerprint density at radius 2 is 2.21 bits per heavy atom. The van der Waals surface area contributed by atoms with Gasteiger partial charge in [-0.25, -0.2) is 4.98 Å². The summed E-state index contributed by atoms with van der Waals surface area (Å²) in [5.74, 6) is 1.47. The van der Waals surface area contributed by atoms with E-state index < -0.39 is 10.2 Å². The van der Waals surface area contributed by atoms with Crippen molar-refractivity contribution in [2.75, 3.05) is 26.8 Å². The first-order valence-electron chi connectivity index (χ1n) is 9.70. The van der Waals surface area contributed by atoms with E-state index in [-0.39, 0.29) is 12.6 Å². The molecule has 1 unspecified atom stereocenters. The Labute approximate surface area is 165 Å². The van der Waals surface area contributed by atoms with E-state index in [4.69, 9.17) is 9.15 Å². The predicted octanol–water partition coefficient (Wildman–Crippen LogP) is 1.57. The third-order valence-electron chi connectivity index (χ3n) is 5.39. The summed E-state index contributed by atoms with van der Waals surface area (Å²) in [7, 11) is -1.92. The molecule has 8 nitrogen and oxygen atoms in total. The topological polar surface area (TPSA) is 88.8 Å². The molecule has 9 heteroatoms. The Morgan fingerprint density at radius 1 is 1.32 bits per heavy atom. The molecule has 2 aromatic rings. The molecule has 0 spiro atoms. The first kappa shape index (κ1) is 19.5. The molecule has 2 aliphatic rings. The van der Waals surface area contributed by atoms with Crippen molar-refractivity contribution in [3.63, 3.8) is 0 Å². The van der Waals surface area contributed by atoms with Crippen molar-refractivity contribution in [2.45, 2.75) is 44.7 Å². The van der Waals surface area contributed by atoms with Crippen LogP contribution in [0.2, 0.25) is 0 Å². The number of aromatic nitrogens is 2. The van der Waals surface area contributed by atoms with Crippen LogP contribution >= 0.6 is 0 Å². The number of rotatable bonds is 7. The predicted molar refractivity (Wildman–Crippen MR) is 103 cm³/mol. The van der Waals surface area contributed by atoms with Crippen LogP contribution in [0.25, 0.3) is 0 Å². The lowest BCUT2D eigenvalue weighted by Gasteiger charge is -2.32. The zero-order valence-corrected chi connectivity index (χ0v) is 16.9. The lowest BCUT2D eigenvalue weighted by Crippen LogP contribution is -2.48. The summed E-state index contributed by atoms with van der Waals surface area (Å²) in [6.07, 6.45) is 7.32. The van der Waals surface area contributed by atoms with Gasteiger partial charge in [-0.2, -0.15) is 17.0 Å². The number of hydrogen-bond acceptors (Lipinski definition) is 6. The molecule has 0 aromatic carbocycles. The molecule has 0 N–H and O–H groups in total. The fourth-order valence-corrected chi connectivity index (χ4v) is 5.76. The van der Waals surface area contributed by atoms with E-state index in [1.165, 1.54) is 4.31 Å². The average Bonchev–Trinajstić information content (AvgIpc) is 3.33. The van der Waals surface area contributed by atoms with Gasteiger partial charge >= 0.3 is 0 Å². The van der Waals surface area contributed by atoms with E-state index in [2.05, 4.69) is 9.97 Å². The molecule has 152 valence electrons. The highest BCUT2D eigenvalue weighted by molar-refractivity contribution is 7.86. The van der Waals surface area contributed by atoms with Gasteiger partial charge in [0.25, 0.3) is 10.2 Å². The number of oxazole rings is 1. The summed E-state index contributed by atoms with van der Waals surface area (Å²) in [5.41, 5.74) is 1.86. The van der Waals surface area contributed by atoms with E-state index >= 15 is 0 Å². The smallest absolute Gasteiger partial charge is 0.282 e. The summed E-state index contributed by atoms with van der Waals surface area (Å²) < 4.78 is 40.5. The van der Waals surface area contributed by atoms with Crippen LogP contribution in [0.5, 0.6) is 0 Å². The molecule has 28 heavy (non-hydrogen) atoms. The maximum absolute atomic E-state index is 13.1. The minimum absolute atomic E-state index is 0.0799. The lowest BCUT2D eigenvalue weighted by molar-refractivity contribution is 0.145. The largest absolute Gasteiger partial charge is 0.445 e. The van der Waals surface area contributed by atoms with Gasteiger partial charge in [-0.15, -0.1) is 0 Å². The molecule has 0 amide bonds. The summed E-state index contributed by atoms with van der Waals surface area (Å²) in [6.45, 7) is 1.67. The first-order valence-corrected chi connectivity index (χ1v) is 11.1. The van der Waals surface area contributed by atoms with Gasteiger partial charge in [0.1, 0.15) is 5.76 Å². The van der Waals surface area contributed by atoms with Crippen LogP contribution in [0, 0.1) is 0 Å². The van der Waals surface area contributed by atoms with Crippen molar-refractivity contribution in [1.29, 1.82) is 0 Å². The fourth-order valence-electron chi connectivity index (χ4n) is 3.95. The number of ether oxygens (including phenoxy) is 1.